The molecule has 1 aromatic rings. The second-order valence-electron chi connectivity index (χ2n) is 3.41. The number of methoxy groups -OCH3 is 1. The van der Waals surface area contributed by atoms with Gasteiger partial charge in [0.1, 0.15) is 5.15 Å². The summed E-state index contributed by atoms with van der Waals surface area (Å²) < 4.78 is 68.0. The summed E-state index contributed by atoms with van der Waals surface area (Å²) >= 11 is 5.27. The van der Waals surface area contributed by atoms with E-state index < -0.39 is 46.8 Å². The zero-order valence-electron chi connectivity index (χ0n) is 9.39. The molecule has 0 spiro atoms. The van der Waals surface area contributed by atoms with E-state index in [0.717, 1.165) is 7.11 Å². The number of esters is 1. The molecule has 0 N–H and O–H groups in total. The summed E-state index contributed by atoms with van der Waals surface area (Å²) in [7, 11) is 0.965. The van der Waals surface area contributed by atoms with Gasteiger partial charge in [-0.15, -0.1) is 0 Å². The van der Waals surface area contributed by atoms with Gasteiger partial charge in [0.25, 0.3) is 6.43 Å². The highest BCUT2D eigenvalue weighted by molar-refractivity contribution is 6.30. The number of pyridine rings is 1. The number of nitrogens with zero attached hydrogens (tertiary/aromatic N) is 1. The van der Waals surface area contributed by atoms with E-state index in [1.165, 1.54) is 0 Å². The Morgan fingerprint density at radius 2 is 2.05 bits per heavy atom. The first-order valence-corrected chi connectivity index (χ1v) is 5.15. The smallest absolute Gasteiger partial charge is 0.417 e. The molecule has 1 heterocycles. The second-order valence-corrected chi connectivity index (χ2v) is 3.77. The summed E-state index contributed by atoms with van der Waals surface area (Å²) in [5.41, 5.74) is -3.79. The van der Waals surface area contributed by atoms with Crippen LogP contribution in [0.3, 0.4) is 0 Å². The third-order valence-corrected chi connectivity index (χ3v) is 2.51. The molecule has 0 saturated heterocycles. The van der Waals surface area contributed by atoms with Crippen molar-refractivity contribution in [2.45, 2.75) is 19.0 Å². The Hall–Kier alpha value is -1.44. The lowest BCUT2D eigenvalue weighted by molar-refractivity contribution is -0.142. The molecular formula is C10H7ClF5NO2. The first-order valence-electron chi connectivity index (χ1n) is 4.78. The van der Waals surface area contributed by atoms with Gasteiger partial charge < -0.3 is 4.74 Å². The van der Waals surface area contributed by atoms with Crippen LogP contribution in [0.25, 0.3) is 0 Å². The summed E-state index contributed by atoms with van der Waals surface area (Å²) in [5.74, 6) is -1.00. The van der Waals surface area contributed by atoms with Gasteiger partial charge in [-0.1, -0.05) is 11.6 Å². The van der Waals surface area contributed by atoms with Gasteiger partial charge in [-0.05, 0) is 5.56 Å². The van der Waals surface area contributed by atoms with Crippen LogP contribution in [0, 0.1) is 0 Å². The molecule has 0 unspecified atom stereocenters. The molecule has 0 radical (unpaired) electrons. The minimum Gasteiger partial charge on any atom is -0.469 e. The zero-order valence-corrected chi connectivity index (χ0v) is 10.1. The highest BCUT2D eigenvalue weighted by atomic mass is 35.5. The van der Waals surface area contributed by atoms with Crippen LogP contribution < -0.4 is 0 Å². The van der Waals surface area contributed by atoms with E-state index >= 15 is 0 Å². The van der Waals surface area contributed by atoms with Crippen molar-refractivity contribution in [3.63, 3.8) is 0 Å². The lowest BCUT2D eigenvalue weighted by atomic mass is 10.0. The topological polar surface area (TPSA) is 39.2 Å². The molecule has 3 nitrogen and oxygen atoms in total. The van der Waals surface area contributed by atoms with Crippen molar-refractivity contribution in [3.8, 4) is 0 Å². The monoisotopic (exact) mass is 303 g/mol. The number of carbonyl (C=O) groups excluding carboxylic acids is 1. The van der Waals surface area contributed by atoms with Crippen molar-refractivity contribution in [2.24, 2.45) is 0 Å². The van der Waals surface area contributed by atoms with Gasteiger partial charge in [0.05, 0.1) is 24.7 Å². The Bertz CT molecular complexity index is 490. The van der Waals surface area contributed by atoms with Gasteiger partial charge in [0.2, 0.25) is 0 Å². The minimum absolute atomic E-state index is 0.633. The van der Waals surface area contributed by atoms with Gasteiger partial charge in [-0.25, -0.2) is 13.8 Å². The summed E-state index contributed by atoms with van der Waals surface area (Å²) in [6, 6.07) is 0. The first-order chi connectivity index (χ1) is 8.68. The minimum atomic E-state index is -5.08. The SMILES string of the molecule is COC(=O)Cc1cnc(Cl)c(C(F)F)c1C(F)(F)F. The average molecular weight is 304 g/mol. The average Bonchev–Trinajstić information content (AvgIpc) is 2.28. The van der Waals surface area contributed by atoms with E-state index in [9.17, 15) is 26.7 Å². The Morgan fingerprint density at radius 1 is 1.47 bits per heavy atom. The number of halogens is 6. The highest BCUT2D eigenvalue weighted by Gasteiger charge is 2.40. The highest BCUT2D eigenvalue weighted by Crippen LogP contribution is 2.41. The lowest BCUT2D eigenvalue weighted by Crippen LogP contribution is -2.17. The second kappa shape index (κ2) is 5.68. The number of hydrogen-bond acceptors (Lipinski definition) is 3. The molecule has 0 aliphatic rings. The van der Waals surface area contributed by atoms with Crippen molar-refractivity contribution in [1.29, 1.82) is 0 Å². The lowest BCUT2D eigenvalue weighted by Gasteiger charge is -2.17. The largest absolute Gasteiger partial charge is 0.469 e. The zero-order chi connectivity index (χ0) is 14.8. The van der Waals surface area contributed by atoms with Gasteiger partial charge in [0.15, 0.2) is 0 Å². The first kappa shape index (κ1) is 15.6. The number of alkyl halides is 5. The van der Waals surface area contributed by atoms with E-state index in [2.05, 4.69) is 9.72 Å². The Kier molecular flexibility index (Phi) is 4.67. The van der Waals surface area contributed by atoms with Crippen LogP contribution in [0.15, 0.2) is 6.20 Å². The maximum absolute atomic E-state index is 12.8. The van der Waals surface area contributed by atoms with E-state index in [4.69, 9.17) is 11.6 Å². The molecule has 0 amide bonds. The molecule has 9 heteroatoms. The molecule has 106 valence electrons. The van der Waals surface area contributed by atoms with Gasteiger partial charge in [-0.3, -0.25) is 4.79 Å². The molecule has 1 rings (SSSR count). The molecule has 0 saturated carbocycles. The molecule has 0 aliphatic heterocycles. The third-order valence-electron chi connectivity index (χ3n) is 2.21. The molecule has 0 fully saturated rings. The normalized spacial score (nSPS) is 11.8. The maximum atomic E-state index is 12.8. The molecule has 19 heavy (non-hydrogen) atoms. The van der Waals surface area contributed by atoms with Crippen LogP contribution in [-0.2, 0) is 22.1 Å². The van der Waals surface area contributed by atoms with Crippen molar-refractivity contribution in [2.75, 3.05) is 7.11 Å². The Morgan fingerprint density at radius 3 is 2.47 bits per heavy atom. The van der Waals surface area contributed by atoms with Crippen LogP contribution in [0.5, 0.6) is 0 Å². The standard InChI is InChI=1S/C10H7ClF5NO2/c1-19-5(18)2-4-3-17-8(11)6(9(12)13)7(4)10(14,15)16/h3,9H,2H2,1H3. The molecule has 0 bridgehead atoms. The van der Waals surface area contributed by atoms with E-state index in [-0.39, 0.29) is 0 Å². The summed E-state index contributed by atoms with van der Waals surface area (Å²) in [5, 5.41) is -0.948. The van der Waals surface area contributed by atoms with Crippen LogP contribution in [-0.4, -0.2) is 18.1 Å². The van der Waals surface area contributed by atoms with Crippen molar-refractivity contribution >= 4 is 17.6 Å². The van der Waals surface area contributed by atoms with Crippen LogP contribution >= 0.6 is 11.6 Å². The fourth-order valence-electron chi connectivity index (χ4n) is 1.44. The third kappa shape index (κ3) is 3.52. The summed E-state index contributed by atoms with van der Waals surface area (Å²) in [6.45, 7) is 0. The van der Waals surface area contributed by atoms with Gasteiger partial charge in [-0.2, -0.15) is 13.2 Å². The fourth-order valence-corrected chi connectivity index (χ4v) is 1.67. The summed E-state index contributed by atoms with van der Waals surface area (Å²) in [4.78, 5) is 14.2. The fraction of sp³-hybridized carbons (Fsp3) is 0.400. The van der Waals surface area contributed by atoms with Crippen molar-refractivity contribution < 1.29 is 31.5 Å². The number of rotatable bonds is 3. The van der Waals surface area contributed by atoms with Crippen molar-refractivity contribution in [3.05, 3.63) is 28.0 Å². The molecule has 0 atom stereocenters. The molecular weight excluding hydrogens is 297 g/mol. The van der Waals surface area contributed by atoms with Gasteiger partial charge >= 0.3 is 12.1 Å². The van der Waals surface area contributed by atoms with Crippen molar-refractivity contribution in [1.82, 2.24) is 4.98 Å². The van der Waals surface area contributed by atoms with E-state index in [0.29, 0.717) is 6.20 Å². The van der Waals surface area contributed by atoms with E-state index in [1.54, 1.807) is 0 Å². The number of hydrogen-bond donors (Lipinski definition) is 0. The quantitative estimate of drug-likeness (QED) is 0.488. The maximum Gasteiger partial charge on any atom is 0.417 e. The number of aromatic nitrogens is 1. The van der Waals surface area contributed by atoms with Gasteiger partial charge in [0, 0.05) is 6.20 Å². The summed E-state index contributed by atoms with van der Waals surface area (Å²) in [6.07, 6.45) is -8.74. The molecule has 0 aromatic carbocycles. The van der Waals surface area contributed by atoms with Crippen LogP contribution in [0.1, 0.15) is 23.1 Å². The van der Waals surface area contributed by atoms with E-state index in [1.807, 2.05) is 0 Å². The molecule has 0 aliphatic carbocycles. The Labute approximate surface area is 109 Å². The Balaban J connectivity index is 3.48. The molecule has 1 aromatic heterocycles. The number of ether oxygens (including phenoxy) is 1. The predicted octanol–water partition coefficient (Wildman–Crippen LogP) is 3.41. The predicted molar refractivity (Wildman–Crippen MR) is 54.9 cm³/mol. The van der Waals surface area contributed by atoms with Crippen LogP contribution in [0.2, 0.25) is 5.15 Å². The number of carbonyl (C=O) groups is 1. The van der Waals surface area contributed by atoms with Crippen LogP contribution in [0.4, 0.5) is 22.0 Å².